The number of halogens is 1. The first-order valence-electron chi connectivity index (χ1n) is 10.6. The lowest BCUT2D eigenvalue weighted by Crippen LogP contribution is -2.47. The van der Waals surface area contributed by atoms with Crippen LogP contribution < -0.4 is 15.1 Å². The van der Waals surface area contributed by atoms with Gasteiger partial charge in [0.2, 0.25) is 5.91 Å². The van der Waals surface area contributed by atoms with Gasteiger partial charge in [-0.25, -0.2) is 9.97 Å². The average molecular weight is 468 g/mol. The summed E-state index contributed by atoms with van der Waals surface area (Å²) in [4.78, 5) is 26.2. The number of benzene rings is 2. The van der Waals surface area contributed by atoms with E-state index in [2.05, 4.69) is 57.1 Å². The van der Waals surface area contributed by atoms with E-state index in [0.29, 0.717) is 10.7 Å². The van der Waals surface area contributed by atoms with E-state index >= 15 is 0 Å². The van der Waals surface area contributed by atoms with E-state index < -0.39 is 0 Å². The van der Waals surface area contributed by atoms with E-state index in [-0.39, 0.29) is 11.7 Å². The minimum absolute atomic E-state index is 0.103. The Balaban J connectivity index is 1.37. The Labute approximate surface area is 198 Å². The summed E-state index contributed by atoms with van der Waals surface area (Å²) in [5.41, 5.74) is 4.56. The molecule has 1 saturated heterocycles. The Hall–Kier alpha value is -2.77. The molecule has 8 heteroatoms. The predicted molar refractivity (Wildman–Crippen MR) is 133 cm³/mol. The molecule has 0 radical (unpaired) electrons. The van der Waals surface area contributed by atoms with Gasteiger partial charge in [-0.2, -0.15) is 0 Å². The lowest BCUT2D eigenvalue weighted by atomic mass is 10.1. The summed E-state index contributed by atoms with van der Waals surface area (Å²) in [5.74, 6) is 0.989. The maximum Gasteiger partial charge on any atom is 0.234 e. The summed E-state index contributed by atoms with van der Waals surface area (Å²) in [6, 6.07) is 13.7. The van der Waals surface area contributed by atoms with Gasteiger partial charge in [-0.3, -0.25) is 4.79 Å². The van der Waals surface area contributed by atoms with Crippen LogP contribution in [-0.2, 0) is 4.79 Å². The maximum atomic E-state index is 12.4. The summed E-state index contributed by atoms with van der Waals surface area (Å²) < 4.78 is 0. The fourth-order valence-corrected chi connectivity index (χ4v) is 4.73. The first kappa shape index (κ1) is 22.4. The van der Waals surface area contributed by atoms with E-state index in [1.807, 2.05) is 12.1 Å². The van der Waals surface area contributed by atoms with E-state index in [9.17, 15) is 4.79 Å². The molecule has 1 aliphatic heterocycles. The van der Waals surface area contributed by atoms with Gasteiger partial charge in [0.05, 0.1) is 5.75 Å². The highest BCUT2D eigenvalue weighted by molar-refractivity contribution is 8.00. The molecule has 2 heterocycles. The number of aromatic nitrogens is 2. The fourth-order valence-electron chi connectivity index (χ4n) is 3.75. The number of carbonyl (C=O) groups is 1. The van der Waals surface area contributed by atoms with Crippen LogP contribution in [0, 0.1) is 13.8 Å². The van der Waals surface area contributed by atoms with Gasteiger partial charge in [0, 0.05) is 55.0 Å². The van der Waals surface area contributed by atoms with Crippen molar-refractivity contribution < 1.29 is 4.79 Å². The minimum atomic E-state index is -0.103. The molecule has 3 aromatic rings. The van der Waals surface area contributed by atoms with Gasteiger partial charge in [0.25, 0.3) is 0 Å². The summed E-state index contributed by atoms with van der Waals surface area (Å²) in [5, 5.41) is 4.23. The second-order valence-electron chi connectivity index (χ2n) is 7.80. The standard InChI is InChI=1S/C24H26ClN5OS/c1-17-6-7-18(2)21(14-17)29-10-12-30(13-11-29)23-24(27-9-8-26-23)32-16-22(31)28-20-5-3-4-19(25)15-20/h3-9,14-15H,10-13,16H2,1-2H3,(H,28,31). The van der Waals surface area contributed by atoms with Crippen LogP contribution in [0.15, 0.2) is 59.9 Å². The van der Waals surface area contributed by atoms with E-state index in [0.717, 1.165) is 37.0 Å². The normalized spacial score (nSPS) is 13.8. The SMILES string of the molecule is Cc1ccc(C)c(N2CCN(c3nccnc3SCC(=O)Nc3cccc(Cl)c3)CC2)c1. The maximum absolute atomic E-state index is 12.4. The molecule has 0 saturated carbocycles. The molecule has 32 heavy (non-hydrogen) atoms. The Bertz CT molecular complexity index is 1100. The van der Waals surface area contributed by atoms with Gasteiger partial charge in [-0.05, 0) is 49.2 Å². The Morgan fingerprint density at radius 2 is 1.78 bits per heavy atom. The molecule has 1 amide bonds. The first-order valence-corrected chi connectivity index (χ1v) is 11.9. The third-order valence-corrected chi connectivity index (χ3v) is 6.58. The topological polar surface area (TPSA) is 61.4 Å². The highest BCUT2D eigenvalue weighted by Crippen LogP contribution is 2.29. The third-order valence-electron chi connectivity index (χ3n) is 5.38. The molecule has 0 spiro atoms. The summed E-state index contributed by atoms with van der Waals surface area (Å²) in [6.07, 6.45) is 3.38. The van der Waals surface area contributed by atoms with Gasteiger partial charge < -0.3 is 15.1 Å². The molecule has 1 fully saturated rings. The van der Waals surface area contributed by atoms with Crippen molar-refractivity contribution in [2.45, 2.75) is 18.9 Å². The van der Waals surface area contributed by atoms with Crippen LogP contribution >= 0.6 is 23.4 Å². The molecule has 166 valence electrons. The molecule has 0 aliphatic carbocycles. The smallest absolute Gasteiger partial charge is 0.234 e. The van der Waals surface area contributed by atoms with Crippen molar-refractivity contribution >= 4 is 46.5 Å². The van der Waals surface area contributed by atoms with E-state index in [1.54, 1.807) is 24.5 Å². The number of carbonyl (C=O) groups excluding carboxylic acids is 1. The van der Waals surface area contributed by atoms with Crippen molar-refractivity contribution in [2.75, 3.05) is 47.0 Å². The molecule has 0 bridgehead atoms. The zero-order valence-electron chi connectivity index (χ0n) is 18.2. The first-order chi connectivity index (χ1) is 15.5. The van der Waals surface area contributed by atoms with Crippen molar-refractivity contribution in [3.8, 4) is 0 Å². The van der Waals surface area contributed by atoms with Gasteiger partial charge in [-0.15, -0.1) is 0 Å². The zero-order chi connectivity index (χ0) is 22.5. The molecule has 4 rings (SSSR count). The van der Waals surface area contributed by atoms with E-state index in [4.69, 9.17) is 11.6 Å². The van der Waals surface area contributed by atoms with Crippen molar-refractivity contribution in [1.29, 1.82) is 0 Å². The number of thioether (sulfide) groups is 1. The number of rotatable bonds is 6. The second-order valence-corrected chi connectivity index (χ2v) is 9.20. The summed E-state index contributed by atoms with van der Waals surface area (Å²) in [7, 11) is 0. The van der Waals surface area contributed by atoms with Crippen LogP contribution in [0.1, 0.15) is 11.1 Å². The van der Waals surface area contributed by atoms with E-state index in [1.165, 1.54) is 28.6 Å². The molecule has 1 N–H and O–H groups in total. The highest BCUT2D eigenvalue weighted by atomic mass is 35.5. The van der Waals surface area contributed by atoms with Crippen LogP contribution in [-0.4, -0.2) is 47.8 Å². The third kappa shape index (κ3) is 5.53. The molecule has 2 aromatic carbocycles. The van der Waals surface area contributed by atoms with Crippen molar-refractivity contribution in [2.24, 2.45) is 0 Å². The number of amides is 1. The van der Waals surface area contributed by atoms with Crippen LogP contribution in [0.4, 0.5) is 17.2 Å². The average Bonchev–Trinajstić information content (AvgIpc) is 2.80. The second kappa shape index (κ2) is 10.2. The van der Waals surface area contributed by atoms with Gasteiger partial charge in [0.1, 0.15) is 5.03 Å². The minimum Gasteiger partial charge on any atom is -0.368 e. The van der Waals surface area contributed by atoms with Crippen LogP contribution in [0.5, 0.6) is 0 Å². The summed E-state index contributed by atoms with van der Waals surface area (Å²) in [6.45, 7) is 7.83. The number of hydrogen-bond donors (Lipinski definition) is 1. The number of anilines is 3. The molecular weight excluding hydrogens is 442 g/mol. The lowest BCUT2D eigenvalue weighted by Gasteiger charge is -2.37. The van der Waals surface area contributed by atoms with Crippen molar-refractivity contribution in [3.63, 3.8) is 0 Å². The number of nitrogens with zero attached hydrogens (tertiary/aromatic N) is 4. The molecule has 1 aliphatic rings. The molecular formula is C24H26ClN5OS. The number of nitrogens with one attached hydrogen (secondary N) is 1. The monoisotopic (exact) mass is 467 g/mol. The van der Waals surface area contributed by atoms with Crippen molar-refractivity contribution in [3.05, 3.63) is 71.0 Å². The van der Waals surface area contributed by atoms with Gasteiger partial charge in [-0.1, -0.05) is 41.6 Å². The quantitative estimate of drug-likeness (QED) is 0.525. The molecule has 6 nitrogen and oxygen atoms in total. The number of hydrogen-bond acceptors (Lipinski definition) is 6. The Kier molecular flexibility index (Phi) is 7.17. The van der Waals surface area contributed by atoms with Gasteiger partial charge >= 0.3 is 0 Å². The molecule has 0 unspecified atom stereocenters. The van der Waals surface area contributed by atoms with Gasteiger partial charge in [0.15, 0.2) is 5.82 Å². The predicted octanol–water partition coefficient (Wildman–Crippen LogP) is 4.80. The van der Waals surface area contributed by atoms with Crippen LogP contribution in [0.25, 0.3) is 0 Å². The zero-order valence-corrected chi connectivity index (χ0v) is 19.8. The van der Waals surface area contributed by atoms with Crippen LogP contribution in [0.3, 0.4) is 0 Å². The lowest BCUT2D eigenvalue weighted by molar-refractivity contribution is -0.113. The van der Waals surface area contributed by atoms with Crippen LogP contribution in [0.2, 0.25) is 5.02 Å². The van der Waals surface area contributed by atoms with Crippen molar-refractivity contribution in [1.82, 2.24) is 9.97 Å². The number of piperazine rings is 1. The fraction of sp³-hybridized carbons (Fsp3) is 0.292. The molecule has 1 aromatic heterocycles. The number of aryl methyl sites for hydroxylation is 2. The molecule has 0 atom stereocenters. The summed E-state index contributed by atoms with van der Waals surface area (Å²) >= 11 is 7.39. The Morgan fingerprint density at radius 3 is 2.56 bits per heavy atom. The largest absolute Gasteiger partial charge is 0.368 e. The Morgan fingerprint density at radius 1 is 1.03 bits per heavy atom. The highest BCUT2D eigenvalue weighted by Gasteiger charge is 2.22.